The molecule has 2 heterocycles. The number of hydrogen-bond acceptors (Lipinski definition) is 5. The van der Waals surface area contributed by atoms with Gasteiger partial charge >= 0.3 is 0 Å². The zero-order valence-electron chi connectivity index (χ0n) is 12.2. The van der Waals surface area contributed by atoms with Crippen LogP contribution in [0.1, 0.15) is 22.5 Å². The quantitative estimate of drug-likeness (QED) is 0.690. The molecule has 0 unspecified atom stereocenters. The van der Waals surface area contributed by atoms with E-state index in [0.29, 0.717) is 10.8 Å². The molecule has 116 valence electrons. The first-order valence-electron chi connectivity index (χ1n) is 7.17. The van der Waals surface area contributed by atoms with Gasteiger partial charge in [-0.3, -0.25) is 25.3 Å². The van der Waals surface area contributed by atoms with Crippen molar-refractivity contribution in [3.05, 3.63) is 22.4 Å². The van der Waals surface area contributed by atoms with Gasteiger partial charge in [-0.15, -0.1) is 11.3 Å². The SMILES string of the molecule is CN(CC(=O)NNC(=O)c1cccs1)CC1CCNCC1. The Morgan fingerprint density at radius 3 is 2.81 bits per heavy atom. The minimum Gasteiger partial charge on any atom is -0.317 e. The fourth-order valence-electron chi connectivity index (χ4n) is 2.45. The van der Waals surface area contributed by atoms with E-state index in [0.717, 1.165) is 32.5 Å². The Morgan fingerprint density at radius 1 is 1.38 bits per heavy atom. The van der Waals surface area contributed by atoms with Gasteiger partial charge in [0.25, 0.3) is 11.8 Å². The number of nitrogens with one attached hydrogen (secondary N) is 3. The first-order valence-corrected chi connectivity index (χ1v) is 8.05. The summed E-state index contributed by atoms with van der Waals surface area (Å²) in [6, 6.07) is 3.52. The molecular weight excluding hydrogens is 288 g/mol. The van der Waals surface area contributed by atoms with Gasteiger partial charge in [0.05, 0.1) is 11.4 Å². The molecule has 1 fully saturated rings. The van der Waals surface area contributed by atoms with Crippen LogP contribution in [-0.2, 0) is 4.79 Å². The molecule has 21 heavy (non-hydrogen) atoms. The highest BCUT2D eigenvalue weighted by molar-refractivity contribution is 7.12. The van der Waals surface area contributed by atoms with E-state index in [-0.39, 0.29) is 18.4 Å². The summed E-state index contributed by atoms with van der Waals surface area (Å²) in [5.74, 6) is 0.167. The lowest BCUT2D eigenvalue weighted by Gasteiger charge is -2.27. The van der Waals surface area contributed by atoms with E-state index in [1.165, 1.54) is 11.3 Å². The number of thiophene rings is 1. The third kappa shape index (κ3) is 5.45. The molecule has 1 saturated heterocycles. The minimum atomic E-state index is -0.278. The molecule has 2 rings (SSSR count). The number of likely N-dealkylation sites (N-methyl/N-ethyl adjacent to an activating group) is 1. The van der Waals surface area contributed by atoms with Crippen molar-refractivity contribution in [1.82, 2.24) is 21.1 Å². The molecule has 0 aliphatic carbocycles. The lowest BCUT2D eigenvalue weighted by Crippen LogP contribution is -2.46. The molecule has 3 N–H and O–H groups in total. The van der Waals surface area contributed by atoms with Crippen LogP contribution in [0.5, 0.6) is 0 Å². The van der Waals surface area contributed by atoms with Crippen molar-refractivity contribution in [2.45, 2.75) is 12.8 Å². The van der Waals surface area contributed by atoms with Crippen molar-refractivity contribution in [3.63, 3.8) is 0 Å². The van der Waals surface area contributed by atoms with E-state index < -0.39 is 0 Å². The summed E-state index contributed by atoms with van der Waals surface area (Å²) in [4.78, 5) is 26.1. The monoisotopic (exact) mass is 310 g/mol. The van der Waals surface area contributed by atoms with Crippen molar-refractivity contribution in [2.75, 3.05) is 33.2 Å². The molecule has 0 radical (unpaired) electrons. The molecule has 1 aromatic rings. The molecule has 1 aliphatic heterocycles. The Labute approximate surface area is 128 Å². The van der Waals surface area contributed by atoms with E-state index in [1.807, 2.05) is 17.3 Å². The topological polar surface area (TPSA) is 73.5 Å². The molecule has 1 aliphatic rings. The number of carbonyl (C=O) groups is 2. The van der Waals surface area contributed by atoms with E-state index in [9.17, 15) is 9.59 Å². The van der Waals surface area contributed by atoms with Crippen LogP contribution in [0, 0.1) is 5.92 Å². The van der Waals surface area contributed by atoms with Crippen LogP contribution in [0.25, 0.3) is 0 Å². The number of carbonyl (C=O) groups excluding carboxylic acids is 2. The van der Waals surface area contributed by atoms with Crippen LogP contribution >= 0.6 is 11.3 Å². The van der Waals surface area contributed by atoms with Gasteiger partial charge in [-0.05, 0) is 50.3 Å². The molecule has 0 aromatic carbocycles. The van der Waals surface area contributed by atoms with Crippen molar-refractivity contribution < 1.29 is 9.59 Å². The first kappa shape index (κ1) is 15.9. The molecule has 0 bridgehead atoms. The fraction of sp³-hybridized carbons (Fsp3) is 0.571. The number of rotatable bonds is 5. The lowest BCUT2D eigenvalue weighted by atomic mass is 9.98. The van der Waals surface area contributed by atoms with Gasteiger partial charge in [0.2, 0.25) is 0 Å². The Balaban J connectivity index is 1.65. The second-order valence-corrected chi connectivity index (χ2v) is 6.32. The zero-order valence-corrected chi connectivity index (χ0v) is 13.0. The van der Waals surface area contributed by atoms with Gasteiger partial charge in [-0.2, -0.15) is 0 Å². The molecule has 0 spiro atoms. The summed E-state index contributed by atoms with van der Waals surface area (Å²) in [6.45, 7) is 3.31. The molecule has 1 aromatic heterocycles. The van der Waals surface area contributed by atoms with Gasteiger partial charge < -0.3 is 5.32 Å². The Kier molecular flexibility index (Phi) is 6.16. The summed E-state index contributed by atoms with van der Waals surface area (Å²) in [6.07, 6.45) is 2.31. The highest BCUT2D eigenvalue weighted by Crippen LogP contribution is 2.12. The van der Waals surface area contributed by atoms with Gasteiger partial charge in [0, 0.05) is 6.54 Å². The summed E-state index contributed by atoms with van der Waals surface area (Å²) < 4.78 is 0. The van der Waals surface area contributed by atoms with E-state index >= 15 is 0 Å². The summed E-state index contributed by atoms with van der Waals surface area (Å²) >= 11 is 1.34. The maximum Gasteiger partial charge on any atom is 0.279 e. The predicted molar refractivity (Wildman–Crippen MR) is 83.0 cm³/mol. The summed E-state index contributed by atoms with van der Waals surface area (Å²) in [7, 11) is 1.93. The molecule has 0 saturated carbocycles. The lowest BCUT2D eigenvalue weighted by molar-refractivity contribution is -0.122. The summed E-state index contributed by atoms with van der Waals surface area (Å²) in [5, 5.41) is 5.15. The van der Waals surface area contributed by atoms with Crippen LogP contribution in [-0.4, -0.2) is 49.9 Å². The smallest absolute Gasteiger partial charge is 0.279 e. The Morgan fingerprint density at radius 2 is 2.14 bits per heavy atom. The van der Waals surface area contributed by atoms with Crippen LogP contribution in [0.4, 0.5) is 0 Å². The van der Waals surface area contributed by atoms with E-state index in [2.05, 4.69) is 16.2 Å². The van der Waals surface area contributed by atoms with Crippen LogP contribution in [0.3, 0.4) is 0 Å². The van der Waals surface area contributed by atoms with Crippen LogP contribution in [0.2, 0.25) is 0 Å². The van der Waals surface area contributed by atoms with Crippen LogP contribution < -0.4 is 16.2 Å². The highest BCUT2D eigenvalue weighted by Gasteiger charge is 2.16. The second kappa shape index (κ2) is 8.11. The number of hydrazine groups is 1. The van der Waals surface area contributed by atoms with Crippen molar-refractivity contribution in [2.24, 2.45) is 5.92 Å². The predicted octanol–water partition coefficient (Wildman–Crippen LogP) is 0.441. The van der Waals surface area contributed by atoms with Gasteiger partial charge in [0.15, 0.2) is 0 Å². The number of amides is 2. The minimum absolute atomic E-state index is 0.198. The van der Waals surface area contributed by atoms with Crippen molar-refractivity contribution in [3.8, 4) is 0 Å². The second-order valence-electron chi connectivity index (χ2n) is 5.37. The third-order valence-corrected chi connectivity index (χ3v) is 4.37. The maximum atomic E-state index is 11.8. The molecule has 0 atom stereocenters. The van der Waals surface area contributed by atoms with E-state index in [1.54, 1.807) is 12.1 Å². The first-order chi connectivity index (χ1) is 10.1. The van der Waals surface area contributed by atoms with Gasteiger partial charge in [0.1, 0.15) is 0 Å². The number of hydrogen-bond donors (Lipinski definition) is 3. The largest absolute Gasteiger partial charge is 0.317 e. The number of piperidine rings is 1. The average molecular weight is 310 g/mol. The van der Waals surface area contributed by atoms with Crippen molar-refractivity contribution in [1.29, 1.82) is 0 Å². The molecule has 6 nitrogen and oxygen atoms in total. The van der Waals surface area contributed by atoms with Crippen molar-refractivity contribution >= 4 is 23.2 Å². The van der Waals surface area contributed by atoms with E-state index in [4.69, 9.17) is 0 Å². The number of nitrogens with zero attached hydrogens (tertiary/aromatic N) is 1. The van der Waals surface area contributed by atoms with Crippen LogP contribution in [0.15, 0.2) is 17.5 Å². The average Bonchev–Trinajstić information content (AvgIpc) is 3.00. The zero-order chi connectivity index (χ0) is 15.1. The summed E-state index contributed by atoms with van der Waals surface area (Å²) in [5.41, 5.74) is 4.88. The maximum absolute atomic E-state index is 11.8. The van der Waals surface area contributed by atoms with Gasteiger partial charge in [-0.1, -0.05) is 6.07 Å². The van der Waals surface area contributed by atoms with Gasteiger partial charge in [-0.25, -0.2) is 0 Å². The standard InChI is InChI=1S/C14H22N4O2S/c1-18(9-11-4-6-15-7-5-11)10-13(19)16-17-14(20)12-3-2-8-21-12/h2-3,8,11,15H,4-7,9-10H2,1H3,(H,16,19)(H,17,20). The third-order valence-electron chi connectivity index (χ3n) is 3.50. The normalized spacial score (nSPS) is 15.9. The Bertz CT molecular complexity index is 458. The molecule has 2 amide bonds. The highest BCUT2D eigenvalue weighted by atomic mass is 32.1. The molecule has 7 heteroatoms. The Hall–Kier alpha value is -1.44. The molecular formula is C14H22N4O2S. The fourth-order valence-corrected chi connectivity index (χ4v) is 3.07.